The fourth-order valence-corrected chi connectivity index (χ4v) is 2.09. The highest BCUT2D eigenvalue weighted by molar-refractivity contribution is 5.79. The van der Waals surface area contributed by atoms with Crippen molar-refractivity contribution in [3.05, 3.63) is 0 Å². The first kappa shape index (κ1) is 14.9. The van der Waals surface area contributed by atoms with E-state index in [1.807, 2.05) is 6.92 Å². The van der Waals surface area contributed by atoms with E-state index in [0.29, 0.717) is 0 Å². The number of ether oxygens (including phenoxy) is 2. The van der Waals surface area contributed by atoms with Crippen molar-refractivity contribution in [2.24, 2.45) is 11.3 Å². The Balaban J connectivity index is 2.95. The van der Waals surface area contributed by atoms with Crippen molar-refractivity contribution in [1.29, 1.82) is 0 Å². The predicted octanol–water partition coefficient (Wildman–Crippen LogP) is 1.34. The maximum atomic E-state index is 11.5. The van der Waals surface area contributed by atoms with E-state index in [0.717, 1.165) is 6.42 Å². The predicted molar refractivity (Wildman–Crippen MR) is 62.1 cm³/mol. The molecule has 0 aromatic rings. The first-order valence-electron chi connectivity index (χ1n) is 5.98. The number of rotatable bonds is 5. The summed E-state index contributed by atoms with van der Waals surface area (Å²) in [6, 6.07) is 0. The van der Waals surface area contributed by atoms with Crippen LogP contribution in [0.25, 0.3) is 0 Å². The van der Waals surface area contributed by atoms with Crippen molar-refractivity contribution >= 4 is 11.9 Å². The van der Waals surface area contributed by atoms with Crippen LogP contribution in [0.3, 0.4) is 0 Å². The zero-order valence-corrected chi connectivity index (χ0v) is 10.9. The molecule has 0 aromatic heterocycles. The lowest BCUT2D eigenvalue weighted by Crippen LogP contribution is -2.59. The van der Waals surface area contributed by atoms with Gasteiger partial charge in [0.25, 0.3) is 5.79 Å². The zero-order valence-electron chi connectivity index (χ0n) is 10.9. The largest absolute Gasteiger partial charge is 0.481 e. The van der Waals surface area contributed by atoms with Crippen molar-refractivity contribution in [1.82, 2.24) is 0 Å². The van der Waals surface area contributed by atoms with Crippen LogP contribution in [0.1, 0.15) is 33.6 Å². The monoisotopic (exact) mass is 260 g/mol. The summed E-state index contributed by atoms with van der Waals surface area (Å²) in [5, 5.41) is 18.2. The normalized spacial score (nSPS) is 28.9. The summed E-state index contributed by atoms with van der Waals surface area (Å²) in [6.45, 7) is 5.56. The molecule has 1 saturated heterocycles. The number of carboxylic acids is 2. The van der Waals surface area contributed by atoms with Crippen molar-refractivity contribution in [2.75, 3.05) is 13.2 Å². The van der Waals surface area contributed by atoms with Gasteiger partial charge in [0.05, 0.1) is 19.6 Å². The van der Waals surface area contributed by atoms with Crippen LogP contribution in [-0.2, 0) is 19.1 Å². The van der Waals surface area contributed by atoms with Crippen molar-refractivity contribution in [2.45, 2.75) is 39.4 Å². The molecule has 0 spiro atoms. The molecule has 2 N–H and O–H groups in total. The number of carbonyl (C=O) groups is 2. The fraction of sp³-hybridized carbons (Fsp3) is 0.833. The van der Waals surface area contributed by atoms with Crippen LogP contribution in [-0.4, -0.2) is 41.2 Å². The molecular formula is C12H20O6. The van der Waals surface area contributed by atoms with Crippen LogP contribution in [0.15, 0.2) is 0 Å². The van der Waals surface area contributed by atoms with Gasteiger partial charge in [0, 0.05) is 11.3 Å². The minimum atomic E-state index is -1.88. The molecule has 0 aliphatic carbocycles. The van der Waals surface area contributed by atoms with Crippen LogP contribution in [0.2, 0.25) is 0 Å². The minimum Gasteiger partial charge on any atom is -0.481 e. The van der Waals surface area contributed by atoms with E-state index in [9.17, 15) is 14.7 Å². The molecule has 0 unspecified atom stereocenters. The van der Waals surface area contributed by atoms with Crippen LogP contribution < -0.4 is 0 Å². The van der Waals surface area contributed by atoms with Crippen LogP contribution in [0.4, 0.5) is 0 Å². The lowest BCUT2D eigenvalue weighted by atomic mass is 9.79. The quantitative estimate of drug-likeness (QED) is 0.774. The maximum absolute atomic E-state index is 11.5. The van der Waals surface area contributed by atoms with Gasteiger partial charge in [0.1, 0.15) is 0 Å². The fourth-order valence-electron chi connectivity index (χ4n) is 2.09. The second-order valence-corrected chi connectivity index (χ2v) is 5.27. The molecule has 6 heteroatoms. The average Bonchev–Trinajstić information content (AvgIpc) is 2.26. The molecule has 1 aliphatic rings. The SMILES string of the molecule is CCC1COC(C(=O)O)(C(C)(C)CC(=O)O)OC1. The van der Waals surface area contributed by atoms with Gasteiger partial charge in [-0.3, -0.25) is 4.79 Å². The summed E-state index contributed by atoms with van der Waals surface area (Å²) in [5.74, 6) is -4.08. The van der Waals surface area contributed by atoms with Gasteiger partial charge in [-0.05, 0) is 6.42 Å². The molecule has 1 fully saturated rings. The maximum Gasteiger partial charge on any atom is 0.365 e. The van der Waals surface area contributed by atoms with E-state index in [1.165, 1.54) is 13.8 Å². The summed E-state index contributed by atoms with van der Waals surface area (Å²) >= 11 is 0. The number of aliphatic carboxylic acids is 2. The Hall–Kier alpha value is -1.14. The summed E-state index contributed by atoms with van der Waals surface area (Å²) < 4.78 is 10.8. The van der Waals surface area contributed by atoms with Gasteiger partial charge in [0.15, 0.2) is 0 Å². The van der Waals surface area contributed by atoms with Gasteiger partial charge in [-0.2, -0.15) is 0 Å². The van der Waals surface area contributed by atoms with E-state index in [2.05, 4.69) is 0 Å². The minimum absolute atomic E-state index is 0.151. The third kappa shape index (κ3) is 2.64. The van der Waals surface area contributed by atoms with E-state index in [1.54, 1.807) is 0 Å². The zero-order chi connectivity index (χ0) is 14.0. The molecule has 6 nitrogen and oxygen atoms in total. The van der Waals surface area contributed by atoms with Crippen LogP contribution in [0, 0.1) is 11.3 Å². The molecule has 1 aliphatic heterocycles. The Kier molecular flexibility index (Phi) is 4.34. The highest BCUT2D eigenvalue weighted by Crippen LogP contribution is 2.41. The number of hydrogen-bond donors (Lipinski definition) is 2. The van der Waals surface area contributed by atoms with Gasteiger partial charge in [-0.15, -0.1) is 0 Å². The van der Waals surface area contributed by atoms with Gasteiger partial charge < -0.3 is 19.7 Å². The van der Waals surface area contributed by atoms with Gasteiger partial charge in [0.2, 0.25) is 0 Å². The third-order valence-electron chi connectivity index (χ3n) is 3.39. The first-order chi connectivity index (χ1) is 8.25. The van der Waals surface area contributed by atoms with E-state index >= 15 is 0 Å². The van der Waals surface area contributed by atoms with Crippen molar-refractivity contribution < 1.29 is 29.3 Å². The summed E-state index contributed by atoms with van der Waals surface area (Å²) in [7, 11) is 0. The Labute approximate surface area is 106 Å². The molecule has 18 heavy (non-hydrogen) atoms. The van der Waals surface area contributed by atoms with Crippen molar-refractivity contribution in [3.63, 3.8) is 0 Å². The summed E-state index contributed by atoms with van der Waals surface area (Å²) in [4.78, 5) is 22.3. The Morgan fingerprint density at radius 1 is 1.28 bits per heavy atom. The summed E-state index contributed by atoms with van der Waals surface area (Å²) in [5.41, 5.74) is -1.15. The highest BCUT2D eigenvalue weighted by atomic mass is 16.7. The van der Waals surface area contributed by atoms with Crippen LogP contribution in [0.5, 0.6) is 0 Å². The Morgan fingerprint density at radius 3 is 2.11 bits per heavy atom. The van der Waals surface area contributed by atoms with E-state index in [-0.39, 0.29) is 25.6 Å². The molecule has 1 heterocycles. The lowest BCUT2D eigenvalue weighted by Gasteiger charge is -2.45. The van der Waals surface area contributed by atoms with E-state index in [4.69, 9.17) is 14.6 Å². The first-order valence-corrected chi connectivity index (χ1v) is 5.98. The number of carboxylic acid groups (broad SMARTS) is 2. The topological polar surface area (TPSA) is 93.1 Å². The molecule has 0 atom stereocenters. The number of hydrogen-bond acceptors (Lipinski definition) is 4. The second kappa shape index (κ2) is 5.24. The van der Waals surface area contributed by atoms with Gasteiger partial charge in [-0.1, -0.05) is 20.8 Å². The highest BCUT2D eigenvalue weighted by Gasteiger charge is 2.57. The van der Waals surface area contributed by atoms with Gasteiger partial charge >= 0.3 is 11.9 Å². The lowest BCUT2D eigenvalue weighted by molar-refractivity contribution is -0.319. The van der Waals surface area contributed by atoms with Crippen molar-refractivity contribution in [3.8, 4) is 0 Å². The smallest absolute Gasteiger partial charge is 0.365 e. The third-order valence-corrected chi connectivity index (χ3v) is 3.39. The molecule has 0 aromatic carbocycles. The molecule has 0 amide bonds. The second-order valence-electron chi connectivity index (χ2n) is 5.27. The van der Waals surface area contributed by atoms with Crippen LogP contribution >= 0.6 is 0 Å². The standard InChI is InChI=1S/C12H20O6/c1-4-8-6-17-12(10(15)16,18-7-8)11(2,3)5-9(13)14/h8H,4-7H2,1-3H3,(H,13,14)(H,15,16). The van der Waals surface area contributed by atoms with E-state index < -0.39 is 23.1 Å². The molecule has 0 radical (unpaired) electrons. The Bertz CT molecular complexity index is 327. The molecular weight excluding hydrogens is 240 g/mol. The average molecular weight is 260 g/mol. The van der Waals surface area contributed by atoms with Gasteiger partial charge in [-0.25, -0.2) is 4.79 Å². The molecule has 1 rings (SSSR count). The molecule has 0 saturated carbocycles. The molecule has 104 valence electrons. The Morgan fingerprint density at radius 2 is 1.78 bits per heavy atom. The summed E-state index contributed by atoms with van der Waals surface area (Å²) in [6.07, 6.45) is 0.491. The molecule has 0 bridgehead atoms.